The van der Waals surface area contributed by atoms with Gasteiger partial charge in [0.05, 0.1) is 5.54 Å². The van der Waals surface area contributed by atoms with Crippen LogP contribution in [0.25, 0.3) is 0 Å². The van der Waals surface area contributed by atoms with E-state index in [9.17, 15) is 13.2 Å². The molecule has 1 aromatic rings. The molecule has 5 heteroatoms. The maximum absolute atomic E-state index is 13.3. The van der Waals surface area contributed by atoms with Crippen molar-refractivity contribution in [2.45, 2.75) is 5.54 Å². The Morgan fingerprint density at radius 1 is 1.14 bits per heavy atom. The van der Waals surface area contributed by atoms with Gasteiger partial charge in [0.15, 0.2) is 17.5 Å². The van der Waals surface area contributed by atoms with Gasteiger partial charge in [-0.2, -0.15) is 0 Å². The van der Waals surface area contributed by atoms with Crippen molar-refractivity contribution in [1.82, 2.24) is 5.32 Å². The first kappa shape index (κ1) is 9.48. The third-order valence-electron chi connectivity index (χ3n) is 2.45. The predicted molar refractivity (Wildman–Crippen MR) is 45.1 cm³/mol. The number of benzene rings is 1. The first-order valence-electron chi connectivity index (χ1n) is 4.18. The van der Waals surface area contributed by atoms with Crippen LogP contribution in [0.1, 0.15) is 5.56 Å². The molecule has 0 saturated carbocycles. The minimum absolute atomic E-state index is 0.0233. The van der Waals surface area contributed by atoms with Crippen LogP contribution in [0.15, 0.2) is 12.1 Å². The highest BCUT2D eigenvalue weighted by Crippen LogP contribution is 2.27. The molecule has 0 spiro atoms. The molecule has 0 amide bonds. The summed E-state index contributed by atoms with van der Waals surface area (Å²) in [7, 11) is 0. The Morgan fingerprint density at radius 2 is 1.79 bits per heavy atom. The first-order valence-corrected chi connectivity index (χ1v) is 4.18. The number of halogens is 3. The van der Waals surface area contributed by atoms with E-state index in [4.69, 9.17) is 5.73 Å². The predicted octanol–water partition coefficient (Wildman–Crippen LogP) is 0.861. The molecule has 0 aliphatic carbocycles. The van der Waals surface area contributed by atoms with Crippen molar-refractivity contribution in [3.8, 4) is 0 Å². The number of rotatable bonds is 1. The lowest BCUT2D eigenvalue weighted by atomic mass is 9.85. The Bertz CT molecular complexity index is 375. The largest absolute Gasteiger partial charge is 0.319 e. The summed E-state index contributed by atoms with van der Waals surface area (Å²) in [5.41, 5.74) is 4.87. The third kappa shape index (κ3) is 1.20. The molecule has 0 atom stereocenters. The smallest absolute Gasteiger partial charge is 0.194 e. The van der Waals surface area contributed by atoms with Gasteiger partial charge in [0.1, 0.15) is 0 Å². The summed E-state index contributed by atoms with van der Waals surface area (Å²) in [5, 5.41) is 2.85. The molecule has 2 nitrogen and oxygen atoms in total. The Morgan fingerprint density at radius 3 is 2.29 bits per heavy atom. The quantitative estimate of drug-likeness (QED) is 0.663. The van der Waals surface area contributed by atoms with Crippen molar-refractivity contribution in [3.05, 3.63) is 35.1 Å². The standard InChI is InChI=1S/C9H9F3N2/c10-6-2-1-5(7(11)8(6)12)9(13)3-14-4-9/h1-2,14H,3-4,13H2. The fraction of sp³-hybridized carbons (Fsp3) is 0.333. The zero-order valence-corrected chi connectivity index (χ0v) is 7.28. The van der Waals surface area contributed by atoms with Crippen molar-refractivity contribution in [2.24, 2.45) is 5.73 Å². The molecule has 0 radical (unpaired) electrons. The van der Waals surface area contributed by atoms with Crippen LogP contribution >= 0.6 is 0 Å². The third-order valence-corrected chi connectivity index (χ3v) is 2.45. The summed E-state index contributed by atoms with van der Waals surface area (Å²) in [6, 6.07) is 2.08. The maximum Gasteiger partial charge on any atom is 0.194 e. The van der Waals surface area contributed by atoms with Crippen LogP contribution in [0.3, 0.4) is 0 Å². The molecule has 14 heavy (non-hydrogen) atoms. The molecule has 2 rings (SSSR count). The number of nitrogens with one attached hydrogen (secondary N) is 1. The van der Waals surface area contributed by atoms with Crippen molar-refractivity contribution in [1.29, 1.82) is 0 Å². The highest BCUT2D eigenvalue weighted by molar-refractivity contribution is 5.30. The topological polar surface area (TPSA) is 38.0 Å². The molecule has 1 heterocycles. The van der Waals surface area contributed by atoms with Crippen LogP contribution in [0.2, 0.25) is 0 Å². The van der Waals surface area contributed by atoms with Gasteiger partial charge in [-0.3, -0.25) is 0 Å². The number of hydrogen-bond acceptors (Lipinski definition) is 2. The van der Waals surface area contributed by atoms with Crippen LogP contribution in [0.5, 0.6) is 0 Å². The Kier molecular flexibility index (Phi) is 2.01. The summed E-state index contributed by atoms with van der Waals surface area (Å²) in [4.78, 5) is 0. The summed E-state index contributed by atoms with van der Waals surface area (Å²) < 4.78 is 38.7. The van der Waals surface area contributed by atoms with Crippen molar-refractivity contribution in [3.63, 3.8) is 0 Å². The SMILES string of the molecule is NC1(c2ccc(F)c(F)c2F)CNC1. The zero-order chi connectivity index (χ0) is 10.3. The van der Waals surface area contributed by atoms with Gasteiger partial charge in [0.25, 0.3) is 0 Å². The van der Waals surface area contributed by atoms with E-state index >= 15 is 0 Å². The molecule has 76 valence electrons. The fourth-order valence-corrected chi connectivity index (χ4v) is 1.50. The number of hydrogen-bond donors (Lipinski definition) is 2. The van der Waals surface area contributed by atoms with Gasteiger partial charge in [-0.25, -0.2) is 13.2 Å². The lowest BCUT2D eigenvalue weighted by Crippen LogP contribution is -2.63. The average Bonchev–Trinajstić information content (AvgIpc) is 2.11. The minimum Gasteiger partial charge on any atom is -0.319 e. The first-order chi connectivity index (χ1) is 6.54. The molecule has 1 aliphatic rings. The monoisotopic (exact) mass is 202 g/mol. The van der Waals surface area contributed by atoms with Crippen LogP contribution in [-0.4, -0.2) is 13.1 Å². The zero-order valence-electron chi connectivity index (χ0n) is 7.28. The minimum atomic E-state index is -1.46. The molecular weight excluding hydrogens is 193 g/mol. The molecule has 1 aromatic carbocycles. The van der Waals surface area contributed by atoms with E-state index < -0.39 is 23.0 Å². The lowest BCUT2D eigenvalue weighted by Gasteiger charge is -2.39. The van der Waals surface area contributed by atoms with Gasteiger partial charge >= 0.3 is 0 Å². The highest BCUT2D eigenvalue weighted by Gasteiger charge is 2.37. The van der Waals surface area contributed by atoms with Crippen molar-refractivity contribution < 1.29 is 13.2 Å². The van der Waals surface area contributed by atoms with Gasteiger partial charge in [-0.05, 0) is 6.07 Å². The average molecular weight is 202 g/mol. The van der Waals surface area contributed by atoms with E-state index in [0.717, 1.165) is 6.07 Å². The van der Waals surface area contributed by atoms with Gasteiger partial charge < -0.3 is 11.1 Å². The Labute approximate surface area is 78.9 Å². The van der Waals surface area contributed by atoms with Crippen LogP contribution in [0, 0.1) is 17.5 Å². The van der Waals surface area contributed by atoms with E-state index in [0.29, 0.717) is 13.1 Å². The Balaban J connectivity index is 2.49. The summed E-state index contributed by atoms with van der Waals surface area (Å²) >= 11 is 0. The van der Waals surface area contributed by atoms with Crippen LogP contribution in [0.4, 0.5) is 13.2 Å². The second-order valence-corrected chi connectivity index (χ2v) is 3.48. The molecule has 3 N–H and O–H groups in total. The molecule has 0 unspecified atom stereocenters. The van der Waals surface area contributed by atoms with E-state index in [1.54, 1.807) is 0 Å². The molecule has 0 bridgehead atoms. The van der Waals surface area contributed by atoms with Gasteiger partial charge in [0, 0.05) is 18.7 Å². The van der Waals surface area contributed by atoms with Crippen LogP contribution < -0.4 is 11.1 Å². The van der Waals surface area contributed by atoms with Crippen molar-refractivity contribution in [2.75, 3.05) is 13.1 Å². The summed E-state index contributed by atoms with van der Waals surface area (Å²) in [6.45, 7) is 0.740. The Hall–Kier alpha value is -1.07. The van der Waals surface area contributed by atoms with Gasteiger partial charge in [-0.1, -0.05) is 6.07 Å². The number of nitrogens with two attached hydrogens (primary N) is 1. The molecule has 1 fully saturated rings. The normalized spacial score (nSPS) is 19.1. The second kappa shape index (κ2) is 2.96. The van der Waals surface area contributed by atoms with E-state index in [-0.39, 0.29) is 5.56 Å². The second-order valence-electron chi connectivity index (χ2n) is 3.48. The van der Waals surface area contributed by atoms with E-state index in [1.807, 2.05) is 0 Å². The van der Waals surface area contributed by atoms with Gasteiger partial charge in [0.2, 0.25) is 0 Å². The summed E-state index contributed by atoms with van der Waals surface area (Å²) in [5.74, 6) is -3.84. The fourth-order valence-electron chi connectivity index (χ4n) is 1.50. The van der Waals surface area contributed by atoms with Gasteiger partial charge in [-0.15, -0.1) is 0 Å². The molecular formula is C9H9F3N2. The molecule has 0 aromatic heterocycles. The van der Waals surface area contributed by atoms with Crippen molar-refractivity contribution >= 4 is 0 Å². The molecule has 1 saturated heterocycles. The molecule has 1 aliphatic heterocycles. The highest BCUT2D eigenvalue weighted by atomic mass is 19.2. The van der Waals surface area contributed by atoms with E-state index in [2.05, 4.69) is 5.32 Å². The van der Waals surface area contributed by atoms with Crippen LogP contribution in [-0.2, 0) is 5.54 Å². The lowest BCUT2D eigenvalue weighted by molar-refractivity contribution is 0.272. The maximum atomic E-state index is 13.3. The summed E-state index contributed by atoms with van der Waals surface area (Å²) in [6.07, 6.45) is 0. The van der Waals surface area contributed by atoms with E-state index in [1.165, 1.54) is 6.07 Å².